The number of carboxylic acid groups (broad SMARTS) is 1. The predicted octanol–water partition coefficient (Wildman–Crippen LogP) is 0.379. The van der Waals surface area contributed by atoms with Gasteiger partial charge in [0.25, 0.3) is 0 Å². The van der Waals surface area contributed by atoms with E-state index >= 15 is 0 Å². The summed E-state index contributed by atoms with van der Waals surface area (Å²) in [6.07, 6.45) is 5.84. The van der Waals surface area contributed by atoms with Crippen molar-refractivity contribution in [2.45, 2.75) is 32.2 Å². The second-order valence-corrected chi connectivity index (χ2v) is 2.57. The molecule has 4 heteroatoms. The number of aliphatic carboxylic acids is 1. The highest BCUT2D eigenvalue weighted by atomic mass is 16.4. The maximum Gasteiger partial charge on any atom is 0.326 e. The van der Waals surface area contributed by atoms with Crippen LogP contribution < -0.4 is 5.32 Å². The molecule has 0 fully saturated rings. The van der Waals surface area contributed by atoms with Crippen molar-refractivity contribution < 1.29 is 14.7 Å². The second kappa shape index (κ2) is 6.06. The molecule has 0 saturated carbocycles. The molecule has 0 aromatic heterocycles. The first-order chi connectivity index (χ1) is 6.11. The molecule has 0 rings (SSSR count). The lowest BCUT2D eigenvalue weighted by atomic mass is 10.2. The van der Waals surface area contributed by atoms with Gasteiger partial charge in [-0.3, -0.25) is 4.79 Å². The molecule has 13 heavy (non-hydrogen) atoms. The predicted molar refractivity (Wildman–Crippen MR) is 47.9 cm³/mol. The van der Waals surface area contributed by atoms with Gasteiger partial charge in [-0.25, -0.2) is 4.79 Å². The van der Waals surface area contributed by atoms with Gasteiger partial charge in [-0.15, -0.1) is 12.3 Å². The largest absolute Gasteiger partial charge is 0.480 e. The number of hydrogen-bond acceptors (Lipinski definition) is 2. The molecule has 0 bridgehead atoms. The summed E-state index contributed by atoms with van der Waals surface area (Å²) in [6.45, 7) is 1.69. The molecular formula is C9H13NO3. The molecule has 2 N–H and O–H groups in total. The van der Waals surface area contributed by atoms with Gasteiger partial charge in [-0.2, -0.15) is 0 Å². The van der Waals surface area contributed by atoms with E-state index in [9.17, 15) is 9.59 Å². The van der Waals surface area contributed by atoms with E-state index in [2.05, 4.69) is 11.2 Å². The van der Waals surface area contributed by atoms with E-state index in [0.29, 0.717) is 12.8 Å². The standard InChI is InChI=1S/C9H13NO3/c1-3-5-6-8(11)10-7(4-2)9(12)13/h1,7H,4-6H2,2H3,(H,10,11)(H,12,13)/t7-/m0/s1. The first-order valence-electron chi connectivity index (χ1n) is 4.07. The van der Waals surface area contributed by atoms with Crippen molar-refractivity contribution in [3.63, 3.8) is 0 Å². The van der Waals surface area contributed by atoms with Crippen LogP contribution in [0.25, 0.3) is 0 Å². The lowest BCUT2D eigenvalue weighted by molar-refractivity contribution is -0.141. The Bertz CT molecular complexity index is 230. The SMILES string of the molecule is C#CCCC(=O)N[C@@H](CC)C(=O)O. The monoisotopic (exact) mass is 183 g/mol. The van der Waals surface area contributed by atoms with Gasteiger partial charge in [0.05, 0.1) is 0 Å². The third kappa shape index (κ3) is 4.86. The number of rotatable bonds is 5. The zero-order valence-electron chi connectivity index (χ0n) is 7.54. The van der Waals surface area contributed by atoms with Crippen LogP contribution in [-0.4, -0.2) is 23.0 Å². The van der Waals surface area contributed by atoms with Crippen LogP contribution in [0.5, 0.6) is 0 Å². The molecule has 1 amide bonds. The molecule has 0 aliphatic carbocycles. The Morgan fingerprint density at radius 3 is 2.62 bits per heavy atom. The minimum absolute atomic E-state index is 0.181. The molecule has 0 aliphatic rings. The fourth-order valence-corrected chi connectivity index (χ4v) is 0.791. The number of carboxylic acids is 1. The van der Waals surface area contributed by atoms with Crippen molar-refractivity contribution in [2.24, 2.45) is 0 Å². The van der Waals surface area contributed by atoms with Crippen LogP contribution in [0.2, 0.25) is 0 Å². The summed E-state index contributed by atoms with van der Waals surface area (Å²) in [5.74, 6) is 0.981. The number of carbonyl (C=O) groups is 2. The molecule has 0 aromatic carbocycles. The lowest BCUT2D eigenvalue weighted by Crippen LogP contribution is -2.40. The maximum atomic E-state index is 11.0. The number of carbonyl (C=O) groups excluding carboxylic acids is 1. The second-order valence-electron chi connectivity index (χ2n) is 2.57. The van der Waals surface area contributed by atoms with Gasteiger partial charge < -0.3 is 10.4 Å². The van der Waals surface area contributed by atoms with E-state index in [1.54, 1.807) is 6.92 Å². The van der Waals surface area contributed by atoms with Gasteiger partial charge in [-0.05, 0) is 6.42 Å². The van der Waals surface area contributed by atoms with Crippen molar-refractivity contribution in [1.29, 1.82) is 0 Å². The quantitative estimate of drug-likeness (QED) is 0.605. The Morgan fingerprint density at radius 2 is 2.23 bits per heavy atom. The minimum Gasteiger partial charge on any atom is -0.480 e. The highest BCUT2D eigenvalue weighted by Crippen LogP contribution is 1.93. The molecule has 0 heterocycles. The number of terminal acetylenes is 1. The molecule has 72 valence electrons. The molecule has 0 aliphatic heterocycles. The van der Waals surface area contributed by atoms with Crippen molar-refractivity contribution in [3.05, 3.63) is 0 Å². The van der Waals surface area contributed by atoms with E-state index in [1.807, 2.05) is 0 Å². The van der Waals surface area contributed by atoms with Gasteiger partial charge in [0.1, 0.15) is 6.04 Å². The molecule has 0 radical (unpaired) electrons. The van der Waals surface area contributed by atoms with Gasteiger partial charge >= 0.3 is 5.97 Å². The van der Waals surface area contributed by atoms with E-state index in [0.717, 1.165) is 0 Å². The first kappa shape index (κ1) is 11.5. The molecule has 1 atom stereocenters. The Balaban J connectivity index is 3.88. The average Bonchev–Trinajstić information content (AvgIpc) is 2.10. The molecule has 4 nitrogen and oxygen atoms in total. The smallest absolute Gasteiger partial charge is 0.326 e. The molecular weight excluding hydrogens is 170 g/mol. The summed E-state index contributed by atoms with van der Waals surface area (Å²) in [4.78, 5) is 21.5. The Morgan fingerprint density at radius 1 is 1.62 bits per heavy atom. The summed E-state index contributed by atoms with van der Waals surface area (Å²) in [6, 6.07) is -0.801. The van der Waals surface area contributed by atoms with Gasteiger partial charge in [0.2, 0.25) is 5.91 Å². The third-order valence-corrected chi connectivity index (χ3v) is 1.54. The van der Waals surface area contributed by atoms with Crippen LogP contribution >= 0.6 is 0 Å². The van der Waals surface area contributed by atoms with Crippen LogP contribution in [0, 0.1) is 12.3 Å². The number of nitrogens with one attached hydrogen (secondary N) is 1. The van der Waals surface area contributed by atoms with Crippen LogP contribution in [0.1, 0.15) is 26.2 Å². The van der Waals surface area contributed by atoms with Crippen molar-refractivity contribution >= 4 is 11.9 Å². The molecule has 0 aromatic rings. The third-order valence-electron chi connectivity index (χ3n) is 1.54. The van der Waals surface area contributed by atoms with E-state index in [1.165, 1.54) is 0 Å². The Kier molecular flexibility index (Phi) is 5.37. The van der Waals surface area contributed by atoms with Crippen LogP contribution in [0.4, 0.5) is 0 Å². The van der Waals surface area contributed by atoms with E-state index < -0.39 is 12.0 Å². The van der Waals surface area contributed by atoms with E-state index in [-0.39, 0.29) is 12.3 Å². The summed E-state index contributed by atoms with van der Waals surface area (Å²) in [5.41, 5.74) is 0. The highest BCUT2D eigenvalue weighted by molar-refractivity contribution is 5.83. The molecule has 0 saturated heterocycles. The van der Waals surface area contributed by atoms with Crippen molar-refractivity contribution in [1.82, 2.24) is 5.32 Å². The van der Waals surface area contributed by atoms with Crippen molar-refractivity contribution in [2.75, 3.05) is 0 Å². The average molecular weight is 183 g/mol. The molecule has 0 spiro atoms. The Hall–Kier alpha value is -1.50. The fourth-order valence-electron chi connectivity index (χ4n) is 0.791. The first-order valence-corrected chi connectivity index (χ1v) is 4.07. The highest BCUT2D eigenvalue weighted by Gasteiger charge is 2.16. The maximum absolute atomic E-state index is 11.0. The number of hydrogen-bond donors (Lipinski definition) is 2. The van der Waals surface area contributed by atoms with Crippen LogP contribution in [0.15, 0.2) is 0 Å². The summed E-state index contributed by atoms with van der Waals surface area (Å²) in [7, 11) is 0. The molecule has 0 unspecified atom stereocenters. The van der Waals surface area contributed by atoms with Gasteiger partial charge in [0, 0.05) is 12.8 Å². The van der Waals surface area contributed by atoms with Gasteiger partial charge in [0.15, 0.2) is 0 Å². The van der Waals surface area contributed by atoms with Crippen LogP contribution in [0.3, 0.4) is 0 Å². The van der Waals surface area contributed by atoms with Crippen LogP contribution in [-0.2, 0) is 9.59 Å². The number of amides is 1. The summed E-state index contributed by atoms with van der Waals surface area (Å²) < 4.78 is 0. The summed E-state index contributed by atoms with van der Waals surface area (Å²) >= 11 is 0. The normalized spacial score (nSPS) is 11.4. The van der Waals surface area contributed by atoms with Gasteiger partial charge in [-0.1, -0.05) is 6.92 Å². The fraction of sp³-hybridized carbons (Fsp3) is 0.556. The summed E-state index contributed by atoms with van der Waals surface area (Å²) in [5, 5.41) is 11.0. The minimum atomic E-state index is -1.02. The lowest BCUT2D eigenvalue weighted by Gasteiger charge is -2.10. The zero-order valence-corrected chi connectivity index (χ0v) is 7.54. The Labute approximate surface area is 77.3 Å². The van der Waals surface area contributed by atoms with Crippen molar-refractivity contribution in [3.8, 4) is 12.3 Å². The topological polar surface area (TPSA) is 66.4 Å². The zero-order chi connectivity index (χ0) is 10.3. The van der Waals surface area contributed by atoms with E-state index in [4.69, 9.17) is 11.5 Å².